The van der Waals surface area contributed by atoms with E-state index >= 15 is 0 Å². The van der Waals surface area contributed by atoms with E-state index in [1.54, 1.807) is 6.07 Å². The highest BCUT2D eigenvalue weighted by Gasteiger charge is 2.25. The molecule has 0 spiro atoms. The highest BCUT2D eigenvalue weighted by Crippen LogP contribution is 2.38. The fraction of sp³-hybridized carbons (Fsp3) is 0.250. The molecule has 2 aromatic carbocycles. The maximum Gasteiger partial charge on any atom is 0.147 e. The predicted molar refractivity (Wildman–Crippen MR) is 76.2 cm³/mol. The second-order valence-electron chi connectivity index (χ2n) is 5.00. The maximum atomic E-state index is 14.3. The van der Waals surface area contributed by atoms with Crippen molar-refractivity contribution in [3.8, 4) is 0 Å². The Hall–Kier alpha value is -1.87. The molecule has 2 aromatic rings. The number of benzene rings is 2. The zero-order chi connectivity index (χ0) is 13.4. The van der Waals surface area contributed by atoms with Gasteiger partial charge in [0.15, 0.2) is 0 Å². The van der Waals surface area contributed by atoms with Crippen LogP contribution in [0.2, 0.25) is 0 Å². The van der Waals surface area contributed by atoms with Gasteiger partial charge in [-0.2, -0.15) is 0 Å². The van der Waals surface area contributed by atoms with E-state index in [2.05, 4.69) is 6.07 Å². The summed E-state index contributed by atoms with van der Waals surface area (Å²) >= 11 is 0. The van der Waals surface area contributed by atoms with E-state index in [1.165, 1.54) is 11.6 Å². The van der Waals surface area contributed by atoms with Crippen LogP contribution in [0.25, 0.3) is 0 Å². The van der Waals surface area contributed by atoms with Crippen molar-refractivity contribution < 1.29 is 4.39 Å². The van der Waals surface area contributed by atoms with Gasteiger partial charge < -0.3 is 10.6 Å². The molecular formula is C16H17FN2. The van der Waals surface area contributed by atoms with E-state index in [0.29, 0.717) is 5.69 Å². The van der Waals surface area contributed by atoms with E-state index in [-0.39, 0.29) is 11.9 Å². The van der Waals surface area contributed by atoms with Crippen LogP contribution in [-0.4, -0.2) is 6.54 Å². The Morgan fingerprint density at radius 2 is 1.95 bits per heavy atom. The number of hydrogen-bond acceptors (Lipinski definition) is 2. The Bertz CT molecular complexity index is 607. The third-order valence-electron chi connectivity index (χ3n) is 3.67. The highest BCUT2D eigenvalue weighted by molar-refractivity contribution is 5.72. The molecule has 0 radical (unpaired) electrons. The standard InChI is InChI=1S/C16H17FN2/c1-11(18)13-6-4-7-14(17)16(13)19-10-9-12-5-2-3-8-15(12)19/h2-8,11H,9-10,18H2,1H3/t11-/m1/s1. The monoisotopic (exact) mass is 256 g/mol. The van der Waals surface area contributed by atoms with Crippen LogP contribution < -0.4 is 10.6 Å². The first kappa shape index (κ1) is 12.2. The van der Waals surface area contributed by atoms with E-state index < -0.39 is 0 Å². The molecule has 3 heteroatoms. The number of fused-ring (bicyclic) bond motifs is 1. The van der Waals surface area contributed by atoms with Gasteiger partial charge in [0.2, 0.25) is 0 Å². The summed E-state index contributed by atoms with van der Waals surface area (Å²) in [7, 11) is 0. The van der Waals surface area contributed by atoms with E-state index in [0.717, 1.165) is 24.2 Å². The van der Waals surface area contributed by atoms with Gasteiger partial charge in [0, 0.05) is 18.3 Å². The number of anilines is 2. The molecule has 0 aliphatic carbocycles. The third kappa shape index (κ3) is 2.00. The molecule has 0 bridgehead atoms. The van der Waals surface area contributed by atoms with Crippen LogP contribution in [0.5, 0.6) is 0 Å². The minimum Gasteiger partial charge on any atom is -0.338 e. The van der Waals surface area contributed by atoms with Crippen LogP contribution in [0.3, 0.4) is 0 Å². The first-order valence-electron chi connectivity index (χ1n) is 6.58. The van der Waals surface area contributed by atoms with Crippen molar-refractivity contribution in [1.29, 1.82) is 0 Å². The summed E-state index contributed by atoms with van der Waals surface area (Å²) in [4.78, 5) is 2.04. The van der Waals surface area contributed by atoms with Crippen molar-refractivity contribution in [2.75, 3.05) is 11.4 Å². The predicted octanol–water partition coefficient (Wildman–Crippen LogP) is 3.54. The number of halogens is 1. The Morgan fingerprint density at radius 3 is 2.74 bits per heavy atom. The Balaban J connectivity index is 2.14. The molecule has 3 rings (SSSR count). The second-order valence-corrected chi connectivity index (χ2v) is 5.00. The quantitative estimate of drug-likeness (QED) is 0.890. The molecular weight excluding hydrogens is 239 g/mol. The third-order valence-corrected chi connectivity index (χ3v) is 3.67. The van der Waals surface area contributed by atoms with Gasteiger partial charge in [-0.15, -0.1) is 0 Å². The van der Waals surface area contributed by atoms with Crippen LogP contribution >= 0.6 is 0 Å². The average molecular weight is 256 g/mol. The maximum absolute atomic E-state index is 14.3. The largest absolute Gasteiger partial charge is 0.338 e. The lowest BCUT2D eigenvalue weighted by atomic mass is 10.1. The minimum absolute atomic E-state index is 0.182. The van der Waals surface area contributed by atoms with Crippen molar-refractivity contribution >= 4 is 11.4 Å². The molecule has 1 heterocycles. The lowest BCUT2D eigenvalue weighted by Gasteiger charge is -2.24. The Morgan fingerprint density at radius 1 is 1.16 bits per heavy atom. The number of para-hydroxylation sites is 2. The van der Waals surface area contributed by atoms with Crippen molar-refractivity contribution in [1.82, 2.24) is 0 Å². The van der Waals surface area contributed by atoms with Crippen molar-refractivity contribution in [2.24, 2.45) is 5.73 Å². The summed E-state index contributed by atoms with van der Waals surface area (Å²) in [5.74, 6) is -0.202. The molecule has 0 unspecified atom stereocenters. The average Bonchev–Trinajstić information content (AvgIpc) is 2.82. The van der Waals surface area contributed by atoms with Crippen molar-refractivity contribution in [3.05, 3.63) is 59.4 Å². The zero-order valence-electron chi connectivity index (χ0n) is 10.9. The second kappa shape index (κ2) is 4.67. The summed E-state index contributed by atoms with van der Waals surface area (Å²) in [6.45, 7) is 2.69. The number of hydrogen-bond donors (Lipinski definition) is 1. The van der Waals surface area contributed by atoms with Crippen LogP contribution in [-0.2, 0) is 6.42 Å². The van der Waals surface area contributed by atoms with Gasteiger partial charge in [0.1, 0.15) is 5.82 Å². The number of nitrogens with zero attached hydrogens (tertiary/aromatic N) is 1. The molecule has 98 valence electrons. The Kier molecular flexibility index (Phi) is 2.99. The first-order chi connectivity index (χ1) is 9.18. The number of nitrogens with two attached hydrogens (primary N) is 1. The molecule has 0 saturated heterocycles. The normalized spacial score (nSPS) is 15.4. The van der Waals surface area contributed by atoms with Gasteiger partial charge in [0.25, 0.3) is 0 Å². The van der Waals surface area contributed by atoms with E-state index in [4.69, 9.17) is 5.73 Å². The zero-order valence-corrected chi connectivity index (χ0v) is 10.9. The van der Waals surface area contributed by atoms with Gasteiger partial charge >= 0.3 is 0 Å². The molecule has 2 N–H and O–H groups in total. The lowest BCUT2D eigenvalue weighted by molar-refractivity contribution is 0.620. The van der Waals surface area contributed by atoms with Gasteiger partial charge in [-0.3, -0.25) is 0 Å². The SMILES string of the molecule is C[C@@H](N)c1cccc(F)c1N1CCc2ccccc21. The van der Waals surface area contributed by atoms with Crippen LogP contribution in [0.1, 0.15) is 24.1 Å². The Labute approximate surface area is 112 Å². The molecule has 19 heavy (non-hydrogen) atoms. The molecule has 0 amide bonds. The molecule has 2 nitrogen and oxygen atoms in total. The summed E-state index contributed by atoms with van der Waals surface area (Å²) < 4.78 is 14.3. The summed E-state index contributed by atoms with van der Waals surface area (Å²) in [5, 5.41) is 0. The summed E-state index contributed by atoms with van der Waals surface area (Å²) in [6.07, 6.45) is 0.947. The van der Waals surface area contributed by atoms with Gasteiger partial charge in [-0.25, -0.2) is 4.39 Å². The molecule has 1 atom stereocenters. The van der Waals surface area contributed by atoms with Crippen molar-refractivity contribution in [2.45, 2.75) is 19.4 Å². The highest BCUT2D eigenvalue weighted by atomic mass is 19.1. The smallest absolute Gasteiger partial charge is 0.147 e. The first-order valence-corrected chi connectivity index (χ1v) is 6.58. The molecule has 1 aliphatic rings. The fourth-order valence-corrected chi connectivity index (χ4v) is 2.75. The van der Waals surface area contributed by atoms with Crippen LogP contribution in [0.4, 0.5) is 15.8 Å². The summed E-state index contributed by atoms with van der Waals surface area (Å²) in [5.41, 5.74) is 9.82. The van der Waals surface area contributed by atoms with Crippen LogP contribution in [0, 0.1) is 5.82 Å². The summed E-state index contributed by atoms with van der Waals surface area (Å²) in [6, 6.07) is 13.1. The van der Waals surface area contributed by atoms with Crippen LogP contribution in [0.15, 0.2) is 42.5 Å². The van der Waals surface area contributed by atoms with Gasteiger partial charge in [-0.1, -0.05) is 30.3 Å². The van der Waals surface area contributed by atoms with E-state index in [1.807, 2.05) is 36.1 Å². The van der Waals surface area contributed by atoms with Gasteiger partial charge in [-0.05, 0) is 36.6 Å². The minimum atomic E-state index is -0.202. The fourth-order valence-electron chi connectivity index (χ4n) is 2.75. The lowest BCUT2D eigenvalue weighted by Crippen LogP contribution is -2.19. The number of rotatable bonds is 2. The molecule has 0 aromatic heterocycles. The van der Waals surface area contributed by atoms with Gasteiger partial charge in [0.05, 0.1) is 5.69 Å². The topological polar surface area (TPSA) is 29.3 Å². The molecule has 1 aliphatic heterocycles. The molecule has 0 fully saturated rings. The van der Waals surface area contributed by atoms with Crippen molar-refractivity contribution in [3.63, 3.8) is 0 Å². The van der Waals surface area contributed by atoms with E-state index in [9.17, 15) is 4.39 Å². The molecule has 0 saturated carbocycles.